The van der Waals surface area contributed by atoms with E-state index in [2.05, 4.69) is 41.5 Å². The molecule has 34 heavy (non-hydrogen) atoms. The summed E-state index contributed by atoms with van der Waals surface area (Å²) in [4.78, 5) is 13.3. The van der Waals surface area contributed by atoms with Gasteiger partial charge in [0.1, 0.15) is 12.0 Å². The lowest BCUT2D eigenvalue weighted by molar-refractivity contribution is -0.169. The van der Waals surface area contributed by atoms with Crippen molar-refractivity contribution in [1.82, 2.24) is 0 Å². The highest BCUT2D eigenvalue weighted by Crippen LogP contribution is 2.68. The highest BCUT2D eigenvalue weighted by Gasteiger charge is 2.64. The van der Waals surface area contributed by atoms with Gasteiger partial charge >= 0.3 is 0 Å². The molecule has 0 amide bonds. The number of hydrogen-bond acceptors (Lipinski definition) is 4. The molecule has 0 aromatic rings. The summed E-state index contributed by atoms with van der Waals surface area (Å²) in [7, 11) is 0. The van der Waals surface area contributed by atoms with Gasteiger partial charge in [-0.3, -0.25) is 4.79 Å². The van der Waals surface area contributed by atoms with Crippen molar-refractivity contribution in [3.8, 4) is 0 Å². The molecule has 4 fully saturated rings. The van der Waals surface area contributed by atoms with Crippen LogP contribution in [0.1, 0.15) is 92.9 Å². The molecule has 196 valence electrons. The van der Waals surface area contributed by atoms with Crippen molar-refractivity contribution in [2.45, 2.75) is 117 Å². The van der Waals surface area contributed by atoms with Crippen LogP contribution in [0.4, 0.5) is 4.39 Å². The quantitative estimate of drug-likeness (QED) is 0.490. The third-order valence-electron chi connectivity index (χ3n) is 11.8. The number of halogens is 1. The van der Waals surface area contributed by atoms with Crippen molar-refractivity contribution < 1.29 is 24.5 Å². The SMILES string of the molecule is CC[C@@H](C(C)C)[C@@H](O)[C@H](O)[C@@H](C)[C@H]1CC[C@H]2[C@@H]3CC(=O)[C@H]4C[C@H](O)[C@@H](F)C[C@]4(C)[C@H]3CC[C@]12C. The predicted molar refractivity (Wildman–Crippen MR) is 132 cm³/mol. The number of carbonyl (C=O) groups excluding carboxylic acids is 1. The molecule has 3 N–H and O–H groups in total. The van der Waals surface area contributed by atoms with Crippen molar-refractivity contribution in [2.24, 2.45) is 58.2 Å². The third kappa shape index (κ3) is 4.00. The first-order chi connectivity index (χ1) is 15.9. The fourth-order valence-corrected chi connectivity index (χ4v) is 9.85. The molecule has 5 heteroatoms. The summed E-state index contributed by atoms with van der Waals surface area (Å²) in [6, 6.07) is 0. The van der Waals surface area contributed by atoms with E-state index in [0.717, 1.165) is 32.1 Å². The minimum atomic E-state index is -1.23. The predicted octanol–water partition coefficient (Wildman–Crippen LogP) is 5.17. The highest BCUT2D eigenvalue weighted by molar-refractivity contribution is 5.83. The standard InChI is InChI=1S/C29H49FO4/c1-7-17(15(2)3)27(34)26(33)16(4)19-8-9-20-18-12-24(31)22-13-25(32)23(30)14-29(22,6)21(18)10-11-28(19,20)5/h15-23,25-27,32-34H,7-14H2,1-6H3/t16-,17-,18-,19+,20-,21-,22+,23-,25-,26+,27+,28+,29+/m0/s1. The normalized spacial score (nSPS) is 48.0. The van der Waals surface area contributed by atoms with Gasteiger partial charge in [0.05, 0.1) is 18.3 Å². The Kier molecular flexibility index (Phi) is 7.35. The number of hydrogen-bond donors (Lipinski definition) is 3. The first kappa shape index (κ1) is 26.5. The maximum atomic E-state index is 14.7. The molecule has 4 saturated carbocycles. The third-order valence-corrected chi connectivity index (χ3v) is 11.8. The first-order valence-corrected chi connectivity index (χ1v) is 14.1. The lowest BCUT2D eigenvalue weighted by Gasteiger charge is -2.60. The Morgan fingerprint density at radius 3 is 2.29 bits per heavy atom. The van der Waals surface area contributed by atoms with Gasteiger partial charge in [-0.15, -0.1) is 0 Å². The second-order valence-corrected chi connectivity index (χ2v) is 13.5. The molecule has 0 aromatic carbocycles. The molecule has 4 aliphatic rings. The zero-order valence-electron chi connectivity index (χ0n) is 22.2. The van der Waals surface area contributed by atoms with Crippen molar-refractivity contribution in [1.29, 1.82) is 0 Å². The molecule has 0 heterocycles. The summed E-state index contributed by atoms with van der Waals surface area (Å²) >= 11 is 0. The number of alkyl halides is 1. The van der Waals surface area contributed by atoms with Crippen molar-refractivity contribution >= 4 is 5.78 Å². The maximum absolute atomic E-state index is 14.7. The number of Topliss-reactive ketones (excluding diaryl/α,β-unsaturated/α-hetero) is 1. The number of ketones is 1. The van der Waals surface area contributed by atoms with Gasteiger partial charge in [-0.05, 0) is 90.8 Å². The van der Waals surface area contributed by atoms with Crippen LogP contribution in [0.25, 0.3) is 0 Å². The van der Waals surface area contributed by atoms with Crippen LogP contribution in [0.15, 0.2) is 0 Å². The molecule has 13 atom stereocenters. The lowest BCUT2D eigenvalue weighted by atomic mass is 9.44. The van der Waals surface area contributed by atoms with E-state index in [4.69, 9.17) is 0 Å². The second-order valence-electron chi connectivity index (χ2n) is 13.5. The molecule has 0 unspecified atom stereocenters. The molecule has 0 radical (unpaired) electrons. The van der Waals surface area contributed by atoms with E-state index >= 15 is 0 Å². The first-order valence-electron chi connectivity index (χ1n) is 14.1. The summed E-state index contributed by atoms with van der Waals surface area (Å²) in [6.45, 7) is 12.9. The van der Waals surface area contributed by atoms with Crippen LogP contribution >= 0.6 is 0 Å². The molecule has 4 aliphatic carbocycles. The zero-order chi connectivity index (χ0) is 25.2. The Morgan fingerprint density at radius 1 is 1.03 bits per heavy atom. The summed E-state index contributed by atoms with van der Waals surface area (Å²) < 4.78 is 14.7. The summed E-state index contributed by atoms with van der Waals surface area (Å²) in [5.41, 5.74) is -0.321. The number of aliphatic hydroxyl groups is 3. The van der Waals surface area contributed by atoms with Crippen LogP contribution in [0, 0.1) is 58.2 Å². The number of carbonyl (C=O) groups is 1. The molecular formula is C29H49FO4. The second kappa shape index (κ2) is 9.41. The molecule has 0 aliphatic heterocycles. The average molecular weight is 481 g/mol. The van der Waals surface area contributed by atoms with Crippen molar-refractivity contribution in [3.63, 3.8) is 0 Å². The van der Waals surface area contributed by atoms with Gasteiger partial charge in [0, 0.05) is 12.3 Å². The van der Waals surface area contributed by atoms with Gasteiger partial charge in [-0.25, -0.2) is 4.39 Å². The fraction of sp³-hybridized carbons (Fsp3) is 0.966. The van der Waals surface area contributed by atoms with Gasteiger partial charge in [0.15, 0.2) is 0 Å². The molecule has 0 bridgehead atoms. The smallest absolute Gasteiger partial charge is 0.136 e. The highest BCUT2D eigenvalue weighted by atomic mass is 19.1. The Labute approximate surface area is 206 Å². The lowest BCUT2D eigenvalue weighted by Crippen LogP contribution is -2.59. The van der Waals surface area contributed by atoms with Crippen molar-refractivity contribution in [2.75, 3.05) is 0 Å². The Hall–Kier alpha value is -0.520. The van der Waals surface area contributed by atoms with E-state index in [9.17, 15) is 24.5 Å². The van der Waals surface area contributed by atoms with Gasteiger partial charge in [0.25, 0.3) is 0 Å². The van der Waals surface area contributed by atoms with Crippen molar-refractivity contribution in [3.05, 3.63) is 0 Å². The molecule has 0 saturated heterocycles. The average Bonchev–Trinajstić information content (AvgIpc) is 3.12. The van der Waals surface area contributed by atoms with Gasteiger partial charge in [0.2, 0.25) is 0 Å². The van der Waals surface area contributed by atoms with E-state index in [-0.39, 0.29) is 46.7 Å². The summed E-state index contributed by atoms with van der Waals surface area (Å²) in [6.07, 6.45) is 2.39. The van der Waals surface area contributed by atoms with Gasteiger partial charge < -0.3 is 15.3 Å². The molecule has 4 nitrogen and oxygen atoms in total. The van der Waals surface area contributed by atoms with E-state index in [1.165, 1.54) is 0 Å². The van der Waals surface area contributed by atoms with E-state index in [1.807, 2.05) is 0 Å². The van der Waals surface area contributed by atoms with Crippen LogP contribution < -0.4 is 0 Å². The van der Waals surface area contributed by atoms with Crippen LogP contribution in [-0.4, -0.2) is 45.6 Å². The Balaban J connectivity index is 1.55. The largest absolute Gasteiger partial charge is 0.390 e. The summed E-state index contributed by atoms with van der Waals surface area (Å²) in [5, 5.41) is 32.4. The van der Waals surface area contributed by atoms with Crippen LogP contribution in [0.2, 0.25) is 0 Å². The van der Waals surface area contributed by atoms with Crippen LogP contribution in [0.3, 0.4) is 0 Å². The number of rotatable bonds is 6. The van der Waals surface area contributed by atoms with Crippen LogP contribution in [0.5, 0.6) is 0 Å². The number of aliphatic hydroxyl groups excluding tert-OH is 3. The summed E-state index contributed by atoms with van der Waals surface area (Å²) in [5.74, 6) is 1.74. The molecular weight excluding hydrogens is 431 g/mol. The van der Waals surface area contributed by atoms with Gasteiger partial charge in [-0.1, -0.05) is 48.0 Å². The molecule has 4 rings (SSSR count). The molecule has 0 spiro atoms. The van der Waals surface area contributed by atoms with E-state index in [1.54, 1.807) is 0 Å². The van der Waals surface area contributed by atoms with E-state index in [0.29, 0.717) is 36.5 Å². The topological polar surface area (TPSA) is 77.8 Å². The minimum absolute atomic E-state index is 0.00275. The Bertz CT molecular complexity index is 756. The Morgan fingerprint density at radius 2 is 1.68 bits per heavy atom. The van der Waals surface area contributed by atoms with Crippen LogP contribution in [-0.2, 0) is 4.79 Å². The van der Waals surface area contributed by atoms with Gasteiger partial charge in [-0.2, -0.15) is 0 Å². The number of fused-ring (bicyclic) bond motifs is 5. The fourth-order valence-electron chi connectivity index (χ4n) is 9.85. The monoisotopic (exact) mass is 480 g/mol. The van der Waals surface area contributed by atoms with E-state index < -0.39 is 24.5 Å². The molecule has 0 aromatic heterocycles. The minimum Gasteiger partial charge on any atom is -0.390 e. The maximum Gasteiger partial charge on any atom is 0.136 e. The zero-order valence-corrected chi connectivity index (χ0v) is 22.2.